The summed E-state index contributed by atoms with van der Waals surface area (Å²) in [6.07, 6.45) is 5.08. The molecule has 1 aliphatic rings. The number of methoxy groups -OCH3 is 2. The predicted molar refractivity (Wildman–Crippen MR) is 103 cm³/mol. The largest absolute Gasteiger partial charge is 0.497 e. The van der Waals surface area contributed by atoms with Gasteiger partial charge >= 0.3 is 0 Å². The average molecular weight is 362 g/mol. The van der Waals surface area contributed by atoms with Crippen molar-refractivity contribution in [2.45, 2.75) is 18.9 Å². The Morgan fingerprint density at radius 2 is 2.04 bits per heavy atom. The zero-order valence-corrected chi connectivity index (χ0v) is 15.5. The number of rotatable bonds is 5. The molecule has 1 aliphatic heterocycles. The molecule has 1 amide bonds. The fraction of sp³-hybridized carbons (Fsp3) is 0.273. The van der Waals surface area contributed by atoms with Crippen LogP contribution in [0.4, 0.5) is 0 Å². The topological polar surface area (TPSA) is 62.6 Å². The van der Waals surface area contributed by atoms with Crippen LogP contribution in [-0.2, 0) is 4.79 Å². The van der Waals surface area contributed by atoms with Gasteiger partial charge in [0.2, 0.25) is 5.91 Å². The van der Waals surface area contributed by atoms with Gasteiger partial charge in [-0.1, -0.05) is 18.2 Å². The van der Waals surface area contributed by atoms with Gasteiger partial charge in [-0.3, -0.25) is 4.79 Å². The number of carbonyl (C=O) groups is 1. The van der Waals surface area contributed by atoms with Crippen LogP contribution in [0.15, 0.2) is 48.5 Å². The summed E-state index contributed by atoms with van der Waals surface area (Å²) in [4.78, 5) is 14.7. The van der Waals surface area contributed by atoms with Crippen molar-refractivity contribution in [1.29, 1.82) is 5.26 Å². The summed E-state index contributed by atoms with van der Waals surface area (Å²) in [6, 6.07) is 15.0. The number of nitrogens with zero attached hydrogens (tertiary/aromatic N) is 2. The minimum atomic E-state index is -0.0666. The Bertz CT molecular complexity index is 899. The Morgan fingerprint density at radius 3 is 2.78 bits per heavy atom. The Hall–Kier alpha value is -3.26. The van der Waals surface area contributed by atoms with Crippen LogP contribution in [0.3, 0.4) is 0 Å². The first-order valence-electron chi connectivity index (χ1n) is 8.87. The molecule has 0 bridgehead atoms. The van der Waals surface area contributed by atoms with Crippen LogP contribution in [0, 0.1) is 11.3 Å². The van der Waals surface area contributed by atoms with Gasteiger partial charge in [-0.05, 0) is 42.7 Å². The molecule has 5 heteroatoms. The molecule has 0 spiro atoms. The second-order valence-corrected chi connectivity index (χ2v) is 6.33. The van der Waals surface area contributed by atoms with Gasteiger partial charge in [-0.25, -0.2) is 0 Å². The molecule has 1 heterocycles. The summed E-state index contributed by atoms with van der Waals surface area (Å²) in [7, 11) is 3.24. The predicted octanol–water partition coefficient (Wildman–Crippen LogP) is 3.95. The molecule has 27 heavy (non-hydrogen) atoms. The molecule has 2 aromatic rings. The number of hydrogen-bond acceptors (Lipinski definition) is 4. The van der Waals surface area contributed by atoms with E-state index >= 15 is 0 Å². The molecule has 0 aromatic heterocycles. The molecule has 1 fully saturated rings. The molecule has 3 rings (SSSR count). The minimum Gasteiger partial charge on any atom is -0.497 e. The molecular formula is C22H22N2O3. The highest BCUT2D eigenvalue weighted by atomic mass is 16.5. The normalized spacial score (nSPS) is 16.3. The van der Waals surface area contributed by atoms with Crippen molar-refractivity contribution in [3.63, 3.8) is 0 Å². The zero-order chi connectivity index (χ0) is 19.2. The minimum absolute atomic E-state index is 0.0331. The highest BCUT2D eigenvalue weighted by Crippen LogP contribution is 2.38. The van der Waals surface area contributed by atoms with Gasteiger partial charge < -0.3 is 14.4 Å². The fourth-order valence-electron chi connectivity index (χ4n) is 3.45. The van der Waals surface area contributed by atoms with Crippen molar-refractivity contribution < 1.29 is 14.3 Å². The van der Waals surface area contributed by atoms with Gasteiger partial charge in [0.25, 0.3) is 0 Å². The molecule has 0 N–H and O–H groups in total. The first kappa shape index (κ1) is 18.5. The van der Waals surface area contributed by atoms with E-state index in [2.05, 4.69) is 6.07 Å². The van der Waals surface area contributed by atoms with Gasteiger partial charge in [0.15, 0.2) is 0 Å². The molecule has 1 unspecified atom stereocenters. The monoisotopic (exact) mass is 362 g/mol. The van der Waals surface area contributed by atoms with E-state index in [4.69, 9.17) is 9.47 Å². The van der Waals surface area contributed by atoms with Gasteiger partial charge in [-0.2, -0.15) is 5.26 Å². The highest BCUT2D eigenvalue weighted by Gasteiger charge is 2.31. The van der Waals surface area contributed by atoms with E-state index in [1.807, 2.05) is 41.3 Å². The maximum atomic E-state index is 12.8. The van der Waals surface area contributed by atoms with Gasteiger partial charge in [0.1, 0.15) is 11.5 Å². The first-order valence-corrected chi connectivity index (χ1v) is 8.87. The summed E-state index contributed by atoms with van der Waals surface area (Å²) in [5, 5.41) is 9.18. The quantitative estimate of drug-likeness (QED) is 0.756. The van der Waals surface area contributed by atoms with Crippen LogP contribution in [0.2, 0.25) is 0 Å². The van der Waals surface area contributed by atoms with Crippen LogP contribution in [-0.4, -0.2) is 31.6 Å². The van der Waals surface area contributed by atoms with Crippen LogP contribution in [0.25, 0.3) is 6.08 Å². The van der Waals surface area contributed by atoms with E-state index in [9.17, 15) is 10.1 Å². The lowest BCUT2D eigenvalue weighted by Crippen LogP contribution is -2.29. The van der Waals surface area contributed by atoms with Crippen molar-refractivity contribution in [2.24, 2.45) is 0 Å². The summed E-state index contributed by atoms with van der Waals surface area (Å²) < 4.78 is 10.8. The molecule has 1 saturated heterocycles. The van der Waals surface area contributed by atoms with Crippen LogP contribution in [0.1, 0.15) is 35.6 Å². The Morgan fingerprint density at radius 1 is 1.22 bits per heavy atom. The summed E-state index contributed by atoms with van der Waals surface area (Å²) in [6.45, 7) is 0.697. The van der Waals surface area contributed by atoms with Crippen molar-refractivity contribution >= 4 is 12.0 Å². The van der Waals surface area contributed by atoms with Gasteiger partial charge in [0.05, 0.1) is 31.9 Å². The van der Waals surface area contributed by atoms with E-state index in [1.165, 1.54) is 0 Å². The maximum absolute atomic E-state index is 12.8. The molecule has 138 valence electrons. The number of benzene rings is 2. The van der Waals surface area contributed by atoms with Gasteiger partial charge in [0, 0.05) is 24.3 Å². The van der Waals surface area contributed by atoms with Crippen LogP contribution < -0.4 is 9.47 Å². The Kier molecular flexibility index (Phi) is 5.77. The average Bonchev–Trinajstić information content (AvgIpc) is 3.21. The van der Waals surface area contributed by atoms with Crippen LogP contribution >= 0.6 is 0 Å². The van der Waals surface area contributed by atoms with E-state index in [0.29, 0.717) is 12.1 Å². The Balaban J connectivity index is 1.83. The number of carbonyl (C=O) groups excluding carboxylic acids is 1. The molecular weight excluding hydrogens is 340 g/mol. The summed E-state index contributed by atoms with van der Waals surface area (Å²) in [5.41, 5.74) is 2.28. The highest BCUT2D eigenvalue weighted by molar-refractivity contribution is 5.92. The lowest BCUT2D eigenvalue weighted by atomic mass is 10.0. The van der Waals surface area contributed by atoms with Crippen LogP contribution in [0.5, 0.6) is 11.5 Å². The summed E-state index contributed by atoms with van der Waals surface area (Å²) >= 11 is 0. The lowest BCUT2D eigenvalue weighted by molar-refractivity contribution is -0.126. The molecule has 1 atom stereocenters. The number of hydrogen-bond donors (Lipinski definition) is 0. The second-order valence-electron chi connectivity index (χ2n) is 6.33. The Labute approximate surface area is 159 Å². The van der Waals surface area contributed by atoms with E-state index in [1.54, 1.807) is 32.4 Å². The van der Waals surface area contributed by atoms with E-state index in [0.717, 1.165) is 35.5 Å². The molecule has 5 nitrogen and oxygen atoms in total. The lowest BCUT2D eigenvalue weighted by Gasteiger charge is -2.25. The zero-order valence-electron chi connectivity index (χ0n) is 15.5. The number of likely N-dealkylation sites (tertiary alicyclic amines) is 1. The molecule has 0 radical (unpaired) electrons. The first-order chi connectivity index (χ1) is 13.2. The number of nitriles is 1. The smallest absolute Gasteiger partial charge is 0.247 e. The molecule has 0 aliphatic carbocycles. The van der Waals surface area contributed by atoms with Gasteiger partial charge in [-0.15, -0.1) is 0 Å². The van der Waals surface area contributed by atoms with Crippen molar-refractivity contribution in [3.8, 4) is 17.6 Å². The SMILES string of the molecule is COc1ccc(C2CCCN2C(=O)C=Cc2ccccc2C#N)c(OC)c1. The number of ether oxygens (including phenoxy) is 2. The maximum Gasteiger partial charge on any atom is 0.247 e. The molecule has 0 saturated carbocycles. The summed E-state index contributed by atoms with van der Waals surface area (Å²) in [5.74, 6) is 1.38. The van der Waals surface area contributed by atoms with Crippen molar-refractivity contribution in [3.05, 3.63) is 65.2 Å². The fourth-order valence-corrected chi connectivity index (χ4v) is 3.45. The standard InChI is InChI=1S/C22H22N2O3/c1-26-18-10-11-19(21(14-18)27-2)20-8-5-13-24(20)22(25)12-9-16-6-3-4-7-17(16)15-23/h3-4,6-7,9-12,14,20H,5,8,13H2,1-2H3. The number of amides is 1. The van der Waals surface area contributed by atoms with E-state index in [-0.39, 0.29) is 11.9 Å². The third-order valence-electron chi connectivity index (χ3n) is 4.82. The van der Waals surface area contributed by atoms with Crippen molar-refractivity contribution in [2.75, 3.05) is 20.8 Å². The third kappa shape index (κ3) is 3.95. The molecule has 2 aromatic carbocycles. The van der Waals surface area contributed by atoms with E-state index < -0.39 is 0 Å². The van der Waals surface area contributed by atoms with Crippen molar-refractivity contribution in [1.82, 2.24) is 4.90 Å². The second kappa shape index (κ2) is 8.41. The third-order valence-corrected chi connectivity index (χ3v) is 4.82.